The molecule has 20 heavy (non-hydrogen) atoms. The second-order valence-electron chi connectivity index (χ2n) is 4.85. The van der Waals surface area contributed by atoms with Crippen molar-refractivity contribution in [3.8, 4) is 0 Å². The first-order chi connectivity index (χ1) is 9.63. The fraction of sp³-hybridized carbons (Fsp3) is 0.667. The third-order valence-electron chi connectivity index (χ3n) is 3.28. The van der Waals surface area contributed by atoms with Crippen molar-refractivity contribution in [1.29, 1.82) is 0 Å². The maximum Gasteiger partial charge on any atom is 0.353 e. The highest BCUT2D eigenvalue weighted by molar-refractivity contribution is 5.69. The second kappa shape index (κ2) is 6.47. The predicted octanol–water partition coefficient (Wildman–Crippen LogP) is 1.32. The van der Waals surface area contributed by atoms with Gasteiger partial charge in [-0.3, -0.25) is 10.1 Å². The zero-order valence-corrected chi connectivity index (χ0v) is 11.8. The van der Waals surface area contributed by atoms with Crippen LogP contribution in [0.2, 0.25) is 0 Å². The molecular formula is C12H20N6O2. The average Bonchev–Trinajstić information content (AvgIpc) is 3.23. The molecule has 1 aromatic heterocycles. The monoisotopic (exact) mass is 280 g/mol. The third kappa shape index (κ3) is 3.53. The van der Waals surface area contributed by atoms with Crippen molar-refractivity contribution >= 4 is 17.3 Å². The molecule has 1 aromatic rings. The minimum absolute atomic E-state index is 0.0941. The SMILES string of the molecule is CCNc1ncnc(NCCN(C)C2CC2)c1[N+](=O)[O-]. The molecule has 0 aromatic carbocycles. The molecule has 0 spiro atoms. The van der Waals surface area contributed by atoms with Crippen LogP contribution in [-0.4, -0.2) is 52.5 Å². The van der Waals surface area contributed by atoms with Crippen LogP contribution in [0.1, 0.15) is 19.8 Å². The number of nitrogens with one attached hydrogen (secondary N) is 2. The summed E-state index contributed by atoms with van der Waals surface area (Å²) in [5.41, 5.74) is -0.0941. The van der Waals surface area contributed by atoms with E-state index in [1.807, 2.05) is 6.92 Å². The summed E-state index contributed by atoms with van der Waals surface area (Å²) < 4.78 is 0. The summed E-state index contributed by atoms with van der Waals surface area (Å²) in [6.07, 6.45) is 3.82. The van der Waals surface area contributed by atoms with Crippen LogP contribution in [0, 0.1) is 10.1 Å². The van der Waals surface area contributed by atoms with Crippen LogP contribution in [0.15, 0.2) is 6.33 Å². The molecule has 1 saturated carbocycles. The van der Waals surface area contributed by atoms with Crippen LogP contribution < -0.4 is 10.6 Å². The number of nitro groups is 1. The van der Waals surface area contributed by atoms with Crippen molar-refractivity contribution < 1.29 is 4.92 Å². The molecule has 0 saturated heterocycles. The van der Waals surface area contributed by atoms with Gasteiger partial charge in [0.25, 0.3) is 0 Å². The molecule has 110 valence electrons. The molecule has 8 nitrogen and oxygen atoms in total. The topological polar surface area (TPSA) is 96.2 Å². The Balaban J connectivity index is 2.01. The first kappa shape index (κ1) is 14.4. The zero-order valence-electron chi connectivity index (χ0n) is 11.8. The van der Waals surface area contributed by atoms with Gasteiger partial charge in [-0.05, 0) is 26.8 Å². The first-order valence-corrected chi connectivity index (χ1v) is 6.80. The van der Waals surface area contributed by atoms with E-state index in [1.54, 1.807) is 0 Å². The highest BCUT2D eigenvalue weighted by atomic mass is 16.6. The standard InChI is InChI=1S/C12H20N6O2/c1-3-13-11-10(18(19)20)12(16-8-15-11)14-6-7-17(2)9-4-5-9/h8-9H,3-7H2,1-2H3,(H2,13,14,15,16). The molecule has 0 bridgehead atoms. The average molecular weight is 280 g/mol. The van der Waals surface area contributed by atoms with Crippen LogP contribution in [0.4, 0.5) is 17.3 Å². The Labute approximate surface area is 117 Å². The van der Waals surface area contributed by atoms with Crippen molar-refractivity contribution in [1.82, 2.24) is 14.9 Å². The van der Waals surface area contributed by atoms with Gasteiger partial charge in [0.15, 0.2) is 0 Å². The quantitative estimate of drug-likeness (QED) is 0.547. The Hall–Kier alpha value is -1.96. The van der Waals surface area contributed by atoms with E-state index in [1.165, 1.54) is 19.2 Å². The summed E-state index contributed by atoms with van der Waals surface area (Å²) in [5.74, 6) is 0.524. The molecular weight excluding hydrogens is 260 g/mol. The van der Waals surface area contributed by atoms with E-state index in [-0.39, 0.29) is 17.3 Å². The minimum atomic E-state index is -0.453. The van der Waals surface area contributed by atoms with Gasteiger partial charge in [0, 0.05) is 25.7 Å². The summed E-state index contributed by atoms with van der Waals surface area (Å²) in [6, 6.07) is 0.675. The van der Waals surface area contributed by atoms with E-state index in [9.17, 15) is 10.1 Å². The highest BCUT2D eigenvalue weighted by Gasteiger charge is 2.26. The van der Waals surface area contributed by atoms with Crippen LogP contribution >= 0.6 is 0 Å². The van der Waals surface area contributed by atoms with E-state index < -0.39 is 4.92 Å². The number of aromatic nitrogens is 2. The number of hydrogen-bond acceptors (Lipinski definition) is 7. The Morgan fingerprint density at radius 3 is 2.60 bits per heavy atom. The van der Waals surface area contributed by atoms with Gasteiger partial charge in [-0.2, -0.15) is 0 Å². The number of likely N-dealkylation sites (N-methyl/N-ethyl adjacent to an activating group) is 1. The minimum Gasteiger partial charge on any atom is -0.364 e. The van der Waals surface area contributed by atoms with Gasteiger partial charge in [0.2, 0.25) is 11.6 Å². The lowest BCUT2D eigenvalue weighted by Crippen LogP contribution is -2.27. The molecule has 1 heterocycles. The molecule has 0 atom stereocenters. The van der Waals surface area contributed by atoms with Gasteiger partial charge < -0.3 is 15.5 Å². The van der Waals surface area contributed by atoms with Gasteiger partial charge in [-0.15, -0.1) is 0 Å². The van der Waals surface area contributed by atoms with Crippen molar-refractivity contribution in [2.75, 3.05) is 37.3 Å². The van der Waals surface area contributed by atoms with E-state index in [2.05, 4.69) is 32.5 Å². The lowest BCUT2D eigenvalue weighted by atomic mass is 10.4. The number of nitrogens with zero attached hydrogens (tertiary/aromatic N) is 4. The van der Waals surface area contributed by atoms with Crippen LogP contribution in [0.3, 0.4) is 0 Å². The Morgan fingerprint density at radius 1 is 1.40 bits per heavy atom. The van der Waals surface area contributed by atoms with Crippen molar-refractivity contribution in [3.05, 3.63) is 16.4 Å². The van der Waals surface area contributed by atoms with Crippen molar-refractivity contribution in [2.45, 2.75) is 25.8 Å². The maximum atomic E-state index is 11.2. The predicted molar refractivity (Wildman–Crippen MR) is 77.0 cm³/mol. The maximum absolute atomic E-state index is 11.2. The molecule has 0 radical (unpaired) electrons. The van der Waals surface area contributed by atoms with E-state index in [4.69, 9.17) is 0 Å². The zero-order chi connectivity index (χ0) is 14.5. The lowest BCUT2D eigenvalue weighted by molar-refractivity contribution is -0.383. The van der Waals surface area contributed by atoms with Gasteiger partial charge in [-0.25, -0.2) is 9.97 Å². The van der Waals surface area contributed by atoms with Crippen molar-refractivity contribution in [2.24, 2.45) is 0 Å². The fourth-order valence-electron chi connectivity index (χ4n) is 2.03. The summed E-state index contributed by atoms with van der Waals surface area (Å²) in [5, 5.41) is 17.1. The third-order valence-corrected chi connectivity index (χ3v) is 3.28. The van der Waals surface area contributed by atoms with Crippen LogP contribution in [0.25, 0.3) is 0 Å². The molecule has 1 aliphatic rings. The van der Waals surface area contributed by atoms with Gasteiger partial charge >= 0.3 is 5.69 Å². The summed E-state index contributed by atoms with van der Waals surface area (Å²) in [7, 11) is 2.07. The normalized spacial score (nSPS) is 14.3. The van der Waals surface area contributed by atoms with Gasteiger partial charge in [-0.1, -0.05) is 0 Å². The number of anilines is 2. The van der Waals surface area contributed by atoms with Gasteiger partial charge in [0.05, 0.1) is 4.92 Å². The summed E-state index contributed by atoms with van der Waals surface area (Å²) in [4.78, 5) is 20.9. The molecule has 2 rings (SSSR count). The highest BCUT2D eigenvalue weighted by Crippen LogP contribution is 2.29. The lowest BCUT2D eigenvalue weighted by Gasteiger charge is -2.16. The molecule has 0 aliphatic heterocycles. The Kier molecular flexibility index (Phi) is 4.67. The molecule has 8 heteroatoms. The van der Waals surface area contributed by atoms with E-state index in [0.29, 0.717) is 19.1 Å². The van der Waals surface area contributed by atoms with E-state index in [0.717, 1.165) is 6.54 Å². The number of hydrogen-bond donors (Lipinski definition) is 2. The molecule has 2 N–H and O–H groups in total. The molecule has 0 unspecified atom stereocenters. The van der Waals surface area contributed by atoms with E-state index >= 15 is 0 Å². The summed E-state index contributed by atoms with van der Waals surface area (Å²) in [6.45, 7) is 3.89. The first-order valence-electron chi connectivity index (χ1n) is 6.80. The second-order valence-corrected chi connectivity index (χ2v) is 4.85. The molecule has 0 amide bonds. The van der Waals surface area contributed by atoms with Crippen LogP contribution in [0.5, 0.6) is 0 Å². The summed E-state index contributed by atoms with van der Waals surface area (Å²) >= 11 is 0. The van der Waals surface area contributed by atoms with Gasteiger partial charge in [0.1, 0.15) is 6.33 Å². The Bertz CT molecular complexity index is 477. The smallest absolute Gasteiger partial charge is 0.353 e. The fourth-order valence-corrected chi connectivity index (χ4v) is 2.03. The largest absolute Gasteiger partial charge is 0.364 e. The Morgan fingerprint density at radius 2 is 2.05 bits per heavy atom. The molecule has 1 fully saturated rings. The number of rotatable bonds is 8. The van der Waals surface area contributed by atoms with Crippen molar-refractivity contribution in [3.63, 3.8) is 0 Å². The van der Waals surface area contributed by atoms with Crippen LogP contribution in [-0.2, 0) is 0 Å². The molecule has 1 aliphatic carbocycles.